The summed E-state index contributed by atoms with van der Waals surface area (Å²) in [5.74, 6) is 0.130. The monoisotopic (exact) mass is 479 g/mol. The number of benzene rings is 2. The molecule has 1 saturated heterocycles. The van der Waals surface area contributed by atoms with Gasteiger partial charge in [-0.3, -0.25) is 4.79 Å². The number of rotatable bonds is 7. The summed E-state index contributed by atoms with van der Waals surface area (Å²) < 4.78 is 0.987. The maximum atomic E-state index is 12.8. The summed E-state index contributed by atoms with van der Waals surface area (Å²) in [6.45, 7) is 3.20. The molecule has 0 saturated carbocycles. The van der Waals surface area contributed by atoms with E-state index in [-0.39, 0.29) is 36.2 Å². The van der Waals surface area contributed by atoms with Crippen LogP contribution in [-0.2, 0) is 10.4 Å². The minimum atomic E-state index is -1.26. The van der Waals surface area contributed by atoms with Crippen LogP contribution in [0.2, 0.25) is 0 Å². The fourth-order valence-electron chi connectivity index (χ4n) is 4.07. The van der Waals surface area contributed by atoms with Gasteiger partial charge < -0.3 is 33.6 Å². The molecule has 0 spiro atoms. The number of ketones is 1. The first-order chi connectivity index (χ1) is 12.5. The standard InChI is InChI=1S/C23H30NO2.HI/c1-24(16-9-4-10-17-24)18-15-22(25)19-23(26,20-11-5-2-6-12-20)21-13-7-3-8-14-21;/h2-3,5-8,11-14,26H,4,9-10,15-19H2,1H3;1H/q+1;/p-1. The molecule has 0 aliphatic carbocycles. The molecule has 0 bridgehead atoms. The minimum Gasteiger partial charge on any atom is -1.00 e. The molecule has 146 valence electrons. The molecule has 1 fully saturated rings. The van der Waals surface area contributed by atoms with Crippen LogP contribution in [0.5, 0.6) is 0 Å². The third-order valence-corrected chi connectivity index (χ3v) is 5.78. The molecule has 2 aromatic rings. The molecule has 3 rings (SSSR count). The van der Waals surface area contributed by atoms with Crippen LogP contribution in [0.15, 0.2) is 60.7 Å². The zero-order valence-electron chi connectivity index (χ0n) is 16.1. The lowest BCUT2D eigenvalue weighted by atomic mass is 9.82. The third kappa shape index (κ3) is 5.62. The van der Waals surface area contributed by atoms with Crippen molar-refractivity contribution in [2.45, 2.75) is 37.7 Å². The Morgan fingerprint density at radius 3 is 1.89 bits per heavy atom. The van der Waals surface area contributed by atoms with Gasteiger partial charge in [0, 0.05) is 6.42 Å². The average molecular weight is 479 g/mol. The fraction of sp³-hybridized carbons (Fsp3) is 0.435. The third-order valence-electron chi connectivity index (χ3n) is 5.78. The molecule has 27 heavy (non-hydrogen) atoms. The van der Waals surface area contributed by atoms with Gasteiger partial charge in [-0.05, 0) is 30.4 Å². The van der Waals surface area contributed by atoms with Crippen LogP contribution >= 0.6 is 0 Å². The van der Waals surface area contributed by atoms with Crippen molar-refractivity contribution in [3.8, 4) is 0 Å². The summed E-state index contributed by atoms with van der Waals surface area (Å²) in [7, 11) is 2.26. The second-order valence-electron chi connectivity index (χ2n) is 7.91. The molecule has 1 heterocycles. The van der Waals surface area contributed by atoms with Gasteiger partial charge in [0.15, 0.2) is 0 Å². The maximum Gasteiger partial charge on any atom is 0.142 e. The Balaban J connectivity index is 0.00000261. The number of Topliss-reactive ketones (excluding diaryl/α,β-unsaturated/α-hetero) is 1. The molecule has 1 N–H and O–H groups in total. The molecule has 0 unspecified atom stereocenters. The fourth-order valence-corrected chi connectivity index (χ4v) is 4.07. The van der Waals surface area contributed by atoms with Gasteiger partial charge >= 0.3 is 0 Å². The Kier molecular flexibility index (Phi) is 8.01. The number of aliphatic hydroxyl groups is 1. The van der Waals surface area contributed by atoms with E-state index in [1.54, 1.807) is 0 Å². The first-order valence-corrected chi connectivity index (χ1v) is 9.71. The Morgan fingerprint density at radius 1 is 0.926 bits per heavy atom. The number of nitrogens with zero attached hydrogens (tertiary/aromatic N) is 1. The van der Waals surface area contributed by atoms with Crippen molar-refractivity contribution in [1.82, 2.24) is 0 Å². The van der Waals surface area contributed by atoms with E-state index in [9.17, 15) is 9.90 Å². The highest BCUT2D eigenvalue weighted by atomic mass is 127. The highest BCUT2D eigenvalue weighted by Gasteiger charge is 2.35. The molecule has 3 nitrogen and oxygen atoms in total. The van der Waals surface area contributed by atoms with Crippen molar-refractivity contribution in [2.24, 2.45) is 0 Å². The van der Waals surface area contributed by atoms with Gasteiger partial charge in [0.1, 0.15) is 11.4 Å². The highest BCUT2D eigenvalue weighted by Crippen LogP contribution is 2.33. The Morgan fingerprint density at radius 2 is 1.41 bits per heavy atom. The summed E-state index contributed by atoms with van der Waals surface area (Å²) in [6.07, 6.45) is 4.47. The Hall–Kier alpha value is -1.24. The van der Waals surface area contributed by atoms with E-state index in [4.69, 9.17) is 0 Å². The predicted octanol–water partition coefficient (Wildman–Crippen LogP) is 0.906. The van der Waals surface area contributed by atoms with Crippen molar-refractivity contribution < 1.29 is 38.4 Å². The van der Waals surface area contributed by atoms with Gasteiger partial charge in [-0.25, -0.2) is 0 Å². The molecule has 0 radical (unpaired) electrons. The van der Waals surface area contributed by atoms with Crippen molar-refractivity contribution in [3.63, 3.8) is 0 Å². The molecule has 4 heteroatoms. The van der Waals surface area contributed by atoms with E-state index < -0.39 is 5.60 Å². The smallest absolute Gasteiger partial charge is 0.142 e. The minimum absolute atomic E-state index is 0. The number of likely N-dealkylation sites (tertiary alicyclic amines) is 1. The first kappa shape index (κ1) is 22.1. The predicted molar refractivity (Wildman–Crippen MR) is 105 cm³/mol. The van der Waals surface area contributed by atoms with E-state index in [0.29, 0.717) is 6.42 Å². The van der Waals surface area contributed by atoms with Gasteiger partial charge in [0.25, 0.3) is 0 Å². The molecular formula is C23H30INO2. The second kappa shape index (κ2) is 9.80. The second-order valence-corrected chi connectivity index (χ2v) is 7.91. The quantitative estimate of drug-likeness (QED) is 0.474. The molecule has 0 amide bonds. The van der Waals surface area contributed by atoms with E-state index in [0.717, 1.165) is 35.2 Å². The van der Waals surface area contributed by atoms with E-state index in [1.165, 1.54) is 19.3 Å². The molecule has 0 aromatic heterocycles. The topological polar surface area (TPSA) is 37.3 Å². The lowest BCUT2D eigenvalue weighted by Crippen LogP contribution is -3.00. The molecule has 1 aliphatic rings. The number of quaternary nitrogens is 1. The van der Waals surface area contributed by atoms with Gasteiger partial charge in [-0.15, -0.1) is 0 Å². The normalized spacial score (nSPS) is 16.4. The first-order valence-electron chi connectivity index (χ1n) is 9.71. The van der Waals surface area contributed by atoms with Crippen LogP contribution in [0.4, 0.5) is 0 Å². The largest absolute Gasteiger partial charge is 1.00 e. The van der Waals surface area contributed by atoms with E-state index >= 15 is 0 Å². The number of carbonyl (C=O) groups is 1. The van der Waals surface area contributed by atoms with E-state index in [2.05, 4.69) is 7.05 Å². The zero-order chi connectivity index (χ0) is 18.5. The van der Waals surface area contributed by atoms with Crippen LogP contribution in [0.1, 0.15) is 43.2 Å². The summed E-state index contributed by atoms with van der Waals surface area (Å²) in [5.41, 5.74) is 0.288. The number of piperidine rings is 1. The van der Waals surface area contributed by atoms with Crippen molar-refractivity contribution in [2.75, 3.05) is 26.7 Å². The van der Waals surface area contributed by atoms with Gasteiger partial charge in [0.2, 0.25) is 0 Å². The SMILES string of the molecule is C[N+]1(CCC(=O)CC(O)(c2ccccc2)c2ccccc2)CCCCC1.[I-]. The molecule has 1 aliphatic heterocycles. The van der Waals surface area contributed by atoms with Crippen LogP contribution < -0.4 is 24.0 Å². The van der Waals surface area contributed by atoms with Gasteiger partial charge in [-0.2, -0.15) is 0 Å². The van der Waals surface area contributed by atoms with Crippen LogP contribution in [0.3, 0.4) is 0 Å². The highest BCUT2D eigenvalue weighted by molar-refractivity contribution is 5.80. The van der Waals surface area contributed by atoms with Crippen LogP contribution in [-0.4, -0.2) is 42.1 Å². The summed E-state index contributed by atoms with van der Waals surface area (Å²) in [6, 6.07) is 19.1. The number of carbonyl (C=O) groups excluding carboxylic acids is 1. The maximum absolute atomic E-state index is 12.8. The summed E-state index contributed by atoms with van der Waals surface area (Å²) >= 11 is 0. The van der Waals surface area contributed by atoms with Gasteiger partial charge in [-0.1, -0.05) is 60.7 Å². The number of hydrogen-bond donors (Lipinski definition) is 1. The van der Waals surface area contributed by atoms with Crippen molar-refractivity contribution >= 4 is 5.78 Å². The average Bonchev–Trinajstić information content (AvgIpc) is 2.68. The van der Waals surface area contributed by atoms with Crippen LogP contribution in [0.25, 0.3) is 0 Å². The lowest BCUT2D eigenvalue weighted by Gasteiger charge is -2.38. The van der Waals surface area contributed by atoms with Crippen molar-refractivity contribution in [3.05, 3.63) is 71.8 Å². The number of hydrogen-bond acceptors (Lipinski definition) is 2. The van der Waals surface area contributed by atoms with Crippen LogP contribution in [0, 0.1) is 0 Å². The van der Waals surface area contributed by atoms with E-state index in [1.807, 2.05) is 60.7 Å². The van der Waals surface area contributed by atoms with Gasteiger partial charge in [0.05, 0.1) is 33.1 Å². The molecule has 2 aromatic carbocycles. The molecular weight excluding hydrogens is 449 g/mol. The Labute approximate surface area is 180 Å². The number of halogens is 1. The zero-order valence-corrected chi connectivity index (χ0v) is 18.3. The summed E-state index contributed by atoms with van der Waals surface area (Å²) in [5, 5.41) is 11.5. The molecule has 0 atom stereocenters. The van der Waals surface area contributed by atoms with Crippen molar-refractivity contribution in [1.29, 1.82) is 0 Å². The Bertz CT molecular complexity index is 672. The lowest BCUT2D eigenvalue weighted by molar-refractivity contribution is -0.913. The summed E-state index contributed by atoms with van der Waals surface area (Å²) in [4.78, 5) is 12.8.